The number of methoxy groups -OCH3 is 1. The quantitative estimate of drug-likeness (QED) is 0.481. The summed E-state index contributed by atoms with van der Waals surface area (Å²) in [4.78, 5) is 17.3. The largest absolute Gasteiger partial charge is 0.495 e. The Labute approximate surface area is 206 Å². The predicted octanol–water partition coefficient (Wildman–Crippen LogP) is 5.34. The minimum absolute atomic E-state index is 0.0385. The van der Waals surface area contributed by atoms with E-state index in [4.69, 9.17) is 16.3 Å². The van der Waals surface area contributed by atoms with Gasteiger partial charge in [0.15, 0.2) is 0 Å². The summed E-state index contributed by atoms with van der Waals surface area (Å²) in [6, 6.07) is 22.0. The second-order valence-electron chi connectivity index (χ2n) is 8.67. The van der Waals surface area contributed by atoms with Gasteiger partial charge in [0.1, 0.15) is 5.75 Å². The molecule has 4 rings (SSSR count). The highest BCUT2D eigenvalue weighted by atomic mass is 35.5. The van der Waals surface area contributed by atoms with Crippen LogP contribution in [0.2, 0.25) is 5.02 Å². The standard InChI is InChI=1S/C27H31ClN4O2/c1-31(2)23-11-8-20(9-12-23)25(32-15-14-19-6-4-5-7-21(19)18-32)17-29-27(33)30-24-16-22(28)10-13-26(24)34-3/h4-13,16,25H,14-15,17-18H2,1-3H3,(H2,29,30,33)/t25-/m1/s1. The normalized spacial score (nSPS) is 14.1. The highest BCUT2D eigenvalue weighted by molar-refractivity contribution is 6.31. The second-order valence-corrected chi connectivity index (χ2v) is 9.11. The van der Waals surface area contributed by atoms with Crippen LogP contribution in [0.15, 0.2) is 66.7 Å². The van der Waals surface area contributed by atoms with E-state index in [0.29, 0.717) is 23.0 Å². The third-order valence-electron chi connectivity index (χ3n) is 6.26. The molecule has 178 valence electrons. The molecule has 0 saturated heterocycles. The molecule has 3 aromatic carbocycles. The molecule has 7 heteroatoms. The lowest BCUT2D eigenvalue weighted by molar-refractivity contribution is 0.175. The molecule has 0 spiro atoms. The molecule has 1 aliphatic rings. The number of carbonyl (C=O) groups excluding carboxylic acids is 1. The van der Waals surface area contributed by atoms with Crippen molar-refractivity contribution in [2.45, 2.75) is 19.0 Å². The lowest BCUT2D eigenvalue weighted by atomic mass is 9.96. The average molecular weight is 479 g/mol. The first-order chi connectivity index (χ1) is 16.4. The van der Waals surface area contributed by atoms with Gasteiger partial charge < -0.3 is 20.3 Å². The topological polar surface area (TPSA) is 56.8 Å². The molecule has 0 unspecified atom stereocenters. The van der Waals surface area contributed by atoms with E-state index in [0.717, 1.165) is 25.2 Å². The van der Waals surface area contributed by atoms with Crippen LogP contribution in [0.3, 0.4) is 0 Å². The molecule has 0 aliphatic carbocycles. The number of halogens is 1. The smallest absolute Gasteiger partial charge is 0.319 e. The third-order valence-corrected chi connectivity index (χ3v) is 6.50. The van der Waals surface area contributed by atoms with E-state index in [2.05, 4.69) is 69.0 Å². The molecule has 2 N–H and O–H groups in total. The van der Waals surface area contributed by atoms with Crippen LogP contribution in [0.5, 0.6) is 5.75 Å². The van der Waals surface area contributed by atoms with E-state index in [-0.39, 0.29) is 12.1 Å². The average Bonchev–Trinajstić information content (AvgIpc) is 2.84. The number of amides is 2. The van der Waals surface area contributed by atoms with E-state index < -0.39 is 0 Å². The van der Waals surface area contributed by atoms with Gasteiger partial charge in [0, 0.05) is 44.4 Å². The van der Waals surface area contributed by atoms with E-state index in [9.17, 15) is 4.79 Å². The van der Waals surface area contributed by atoms with Crippen molar-refractivity contribution in [2.24, 2.45) is 0 Å². The van der Waals surface area contributed by atoms with Crippen LogP contribution >= 0.6 is 11.6 Å². The van der Waals surface area contributed by atoms with Gasteiger partial charge in [0.25, 0.3) is 0 Å². The van der Waals surface area contributed by atoms with Crippen molar-refractivity contribution in [3.8, 4) is 5.75 Å². The molecular formula is C27H31ClN4O2. The molecule has 2 amide bonds. The van der Waals surface area contributed by atoms with Crippen LogP contribution in [0.1, 0.15) is 22.7 Å². The Bertz CT molecular complexity index is 1130. The Hall–Kier alpha value is -3.22. The molecule has 1 aliphatic heterocycles. The summed E-state index contributed by atoms with van der Waals surface area (Å²) in [6.45, 7) is 2.25. The van der Waals surface area contributed by atoms with Gasteiger partial charge in [-0.15, -0.1) is 0 Å². The summed E-state index contributed by atoms with van der Waals surface area (Å²) in [7, 11) is 5.63. The summed E-state index contributed by atoms with van der Waals surface area (Å²) >= 11 is 6.11. The molecule has 0 aromatic heterocycles. The van der Waals surface area contributed by atoms with Crippen molar-refractivity contribution in [3.05, 3.63) is 88.4 Å². The molecular weight excluding hydrogens is 448 g/mol. The van der Waals surface area contributed by atoms with Crippen LogP contribution in [0.4, 0.5) is 16.2 Å². The number of carbonyl (C=O) groups is 1. The molecule has 34 heavy (non-hydrogen) atoms. The summed E-state index contributed by atoms with van der Waals surface area (Å²) in [5.41, 5.74) is 5.60. The molecule has 0 saturated carbocycles. The van der Waals surface area contributed by atoms with Gasteiger partial charge in [-0.2, -0.15) is 0 Å². The summed E-state index contributed by atoms with van der Waals surface area (Å²) in [5, 5.41) is 6.46. The number of hydrogen-bond donors (Lipinski definition) is 2. The summed E-state index contributed by atoms with van der Waals surface area (Å²) < 4.78 is 5.34. The molecule has 0 bridgehead atoms. The van der Waals surface area contributed by atoms with Crippen molar-refractivity contribution in [2.75, 3.05) is 44.5 Å². The van der Waals surface area contributed by atoms with Gasteiger partial charge in [-0.3, -0.25) is 4.90 Å². The Morgan fingerprint density at radius 1 is 1.09 bits per heavy atom. The van der Waals surface area contributed by atoms with Crippen LogP contribution in [-0.4, -0.2) is 45.2 Å². The molecule has 1 heterocycles. The molecule has 6 nitrogen and oxygen atoms in total. The Balaban J connectivity index is 1.51. The maximum atomic E-state index is 12.8. The summed E-state index contributed by atoms with van der Waals surface area (Å²) in [5.74, 6) is 0.558. The van der Waals surface area contributed by atoms with E-state index in [1.54, 1.807) is 25.3 Å². The molecule has 0 radical (unpaired) electrons. The summed E-state index contributed by atoms with van der Waals surface area (Å²) in [6.07, 6.45) is 0.994. The number of urea groups is 1. The number of ether oxygens (including phenoxy) is 1. The van der Waals surface area contributed by atoms with E-state index in [1.807, 2.05) is 14.1 Å². The highest BCUT2D eigenvalue weighted by Gasteiger charge is 2.25. The van der Waals surface area contributed by atoms with Crippen LogP contribution in [0.25, 0.3) is 0 Å². The number of nitrogens with one attached hydrogen (secondary N) is 2. The van der Waals surface area contributed by atoms with Crippen LogP contribution in [0, 0.1) is 0 Å². The number of anilines is 2. The van der Waals surface area contributed by atoms with Gasteiger partial charge in [-0.05, 0) is 53.4 Å². The van der Waals surface area contributed by atoms with Crippen molar-refractivity contribution in [1.29, 1.82) is 0 Å². The van der Waals surface area contributed by atoms with Gasteiger partial charge in [0.05, 0.1) is 18.8 Å². The van der Waals surface area contributed by atoms with Gasteiger partial charge >= 0.3 is 6.03 Å². The van der Waals surface area contributed by atoms with Gasteiger partial charge in [-0.25, -0.2) is 4.79 Å². The van der Waals surface area contributed by atoms with Crippen LogP contribution in [-0.2, 0) is 13.0 Å². The number of fused-ring (bicyclic) bond motifs is 1. The first-order valence-corrected chi connectivity index (χ1v) is 11.8. The first kappa shape index (κ1) is 23.9. The Morgan fingerprint density at radius 2 is 1.82 bits per heavy atom. The molecule has 0 fully saturated rings. The van der Waals surface area contributed by atoms with Crippen molar-refractivity contribution in [1.82, 2.24) is 10.2 Å². The highest BCUT2D eigenvalue weighted by Crippen LogP contribution is 2.30. The zero-order valence-electron chi connectivity index (χ0n) is 19.8. The zero-order valence-corrected chi connectivity index (χ0v) is 20.6. The predicted molar refractivity (Wildman–Crippen MR) is 139 cm³/mol. The maximum absolute atomic E-state index is 12.8. The fourth-order valence-electron chi connectivity index (χ4n) is 4.37. The lowest BCUT2D eigenvalue weighted by Gasteiger charge is -2.36. The molecule has 3 aromatic rings. The fraction of sp³-hybridized carbons (Fsp3) is 0.296. The Kier molecular flexibility index (Phi) is 7.60. The van der Waals surface area contributed by atoms with Gasteiger partial charge in [0.2, 0.25) is 0 Å². The Morgan fingerprint density at radius 3 is 2.53 bits per heavy atom. The lowest BCUT2D eigenvalue weighted by Crippen LogP contribution is -2.41. The number of nitrogens with zero attached hydrogens (tertiary/aromatic N) is 2. The number of benzene rings is 3. The van der Waals surface area contributed by atoms with Crippen molar-refractivity contribution in [3.63, 3.8) is 0 Å². The second kappa shape index (κ2) is 10.8. The zero-order chi connectivity index (χ0) is 24.1. The van der Waals surface area contributed by atoms with Crippen molar-refractivity contribution >= 4 is 29.0 Å². The monoisotopic (exact) mass is 478 g/mol. The first-order valence-electron chi connectivity index (χ1n) is 11.4. The maximum Gasteiger partial charge on any atom is 0.319 e. The molecule has 1 atom stereocenters. The fourth-order valence-corrected chi connectivity index (χ4v) is 4.54. The third kappa shape index (κ3) is 5.64. The van der Waals surface area contributed by atoms with E-state index in [1.165, 1.54) is 16.7 Å². The minimum Gasteiger partial charge on any atom is -0.495 e. The number of hydrogen-bond acceptors (Lipinski definition) is 4. The number of rotatable bonds is 7. The van der Waals surface area contributed by atoms with Crippen LogP contribution < -0.4 is 20.3 Å². The van der Waals surface area contributed by atoms with Gasteiger partial charge in [-0.1, -0.05) is 48.0 Å². The van der Waals surface area contributed by atoms with E-state index >= 15 is 0 Å². The minimum atomic E-state index is -0.298. The SMILES string of the molecule is COc1ccc(Cl)cc1NC(=O)NC[C@H](c1ccc(N(C)C)cc1)N1CCc2ccccc2C1. The van der Waals surface area contributed by atoms with Crippen molar-refractivity contribution < 1.29 is 9.53 Å².